The molecule has 1 aromatic carbocycles. The molecule has 2 bridgehead atoms. The molecule has 2 aromatic rings. The summed E-state index contributed by atoms with van der Waals surface area (Å²) in [4.78, 5) is 30.0. The standard InChI is InChI=1S/C26H34BrN5O2/c1-17-20-13-18(26(20,2)3)14-21(17)29-22-15-28-32(25(34)24(22)27)16-23(33)31-11-9-30(10-12-31)19-7-5-4-6-8-19/h4-8,15,17-18,20-21,29H,9-14,16H2,1-3H3/t17-,18-,20+,21-/m1/s1. The lowest BCUT2D eigenvalue weighted by molar-refractivity contribution is -0.132. The maximum Gasteiger partial charge on any atom is 0.283 e. The van der Waals surface area contributed by atoms with Crippen molar-refractivity contribution in [1.29, 1.82) is 0 Å². The van der Waals surface area contributed by atoms with E-state index in [-0.39, 0.29) is 18.0 Å². The Morgan fingerprint density at radius 2 is 1.85 bits per heavy atom. The van der Waals surface area contributed by atoms with E-state index < -0.39 is 0 Å². The molecular formula is C26H34BrN5O2. The van der Waals surface area contributed by atoms with E-state index in [2.05, 4.69) is 64.1 Å². The minimum absolute atomic E-state index is 0.0405. The molecule has 2 heterocycles. The minimum Gasteiger partial charge on any atom is -0.380 e. The van der Waals surface area contributed by atoms with Crippen LogP contribution >= 0.6 is 15.9 Å². The van der Waals surface area contributed by atoms with Gasteiger partial charge in [-0.25, -0.2) is 4.68 Å². The summed E-state index contributed by atoms with van der Waals surface area (Å²) < 4.78 is 1.72. The number of fused-ring (bicyclic) bond motifs is 2. The van der Waals surface area contributed by atoms with Gasteiger partial charge in [0.2, 0.25) is 5.91 Å². The number of carbonyl (C=O) groups excluding carboxylic acids is 1. The average molecular weight is 528 g/mol. The molecule has 1 N–H and O–H groups in total. The van der Waals surface area contributed by atoms with Crippen molar-refractivity contribution in [3.05, 3.63) is 51.4 Å². The quantitative estimate of drug-likeness (QED) is 0.639. The van der Waals surface area contributed by atoms with Gasteiger partial charge in [-0.15, -0.1) is 0 Å². The zero-order valence-corrected chi connectivity index (χ0v) is 21.8. The molecule has 4 aliphatic rings. The van der Waals surface area contributed by atoms with Gasteiger partial charge in [0.15, 0.2) is 0 Å². The van der Waals surface area contributed by atoms with E-state index in [0.717, 1.165) is 37.0 Å². The molecule has 6 rings (SSSR count). The Morgan fingerprint density at radius 1 is 1.15 bits per heavy atom. The summed E-state index contributed by atoms with van der Waals surface area (Å²) in [6, 6.07) is 10.6. The molecule has 0 unspecified atom stereocenters. The summed E-state index contributed by atoms with van der Waals surface area (Å²) in [6.45, 7) is 9.89. The number of halogens is 1. The van der Waals surface area contributed by atoms with Gasteiger partial charge >= 0.3 is 0 Å². The van der Waals surface area contributed by atoms with E-state index in [1.165, 1.54) is 16.8 Å². The zero-order chi connectivity index (χ0) is 24.0. The number of rotatable bonds is 5. The van der Waals surface area contributed by atoms with Crippen LogP contribution in [0.4, 0.5) is 11.4 Å². The third-order valence-electron chi connectivity index (χ3n) is 8.72. The first kappa shape index (κ1) is 23.4. The Hall–Kier alpha value is -2.35. The van der Waals surface area contributed by atoms with Crippen molar-refractivity contribution in [1.82, 2.24) is 14.7 Å². The fourth-order valence-corrected chi connectivity index (χ4v) is 6.72. The van der Waals surface area contributed by atoms with Gasteiger partial charge in [-0.05, 0) is 64.1 Å². The Bertz CT molecular complexity index is 1110. The lowest BCUT2D eigenvalue weighted by atomic mass is 9.45. The molecule has 7 nitrogen and oxygen atoms in total. The zero-order valence-electron chi connectivity index (χ0n) is 20.2. The van der Waals surface area contributed by atoms with Crippen molar-refractivity contribution < 1.29 is 4.79 Å². The van der Waals surface area contributed by atoms with Crippen molar-refractivity contribution in [2.75, 3.05) is 36.4 Å². The first-order valence-electron chi connectivity index (χ1n) is 12.4. The highest BCUT2D eigenvalue weighted by Crippen LogP contribution is 2.61. The summed E-state index contributed by atoms with van der Waals surface area (Å²) in [7, 11) is 0. The van der Waals surface area contributed by atoms with Crippen LogP contribution in [-0.2, 0) is 11.3 Å². The van der Waals surface area contributed by atoms with Gasteiger partial charge in [0.05, 0.1) is 11.9 Å². The molecule has 3 saturated carbocycles. The van der Waals surface area contributed by atoms with Crippen LogP contribution in [0.5, 0.6) is 0 Å². The molecule has 8 heteroatoms. The number of piperazine rings is 1. The third-order valence-corrected chi connectivity index (χ3v) is 9.49. The molecule has 0 radical (unpaired) electrons. The number of nitrogens with one attached hydrogen (secondary N) is 1. The Balaban J connectivity index is 1.20. The van der Waals surface area contributed by atoms with Gasteiger partial charge in [-0.1, -0.05) is 39.0 Å². The SMILES string of the molecule is C[C@H]1[C@H](Nc2cnn(CC(=O)N3CCN(c4ccccc4)CC3)c(=O)c2Br)C[C@H]2C[C@@H]1C2(C)C. The summed E-state index contributed by atoms with van der Waals surface area (Å²) in [5.41, 5.74) is 2.05. The van der Waals surface area contributed by atoms with Crippen molar-refractivity contribution in [2.24, 2.45) is 23.2 Å². The van der Waals surface area contributed by atoms with Crippen molar-refractivity contribution in [3.63, 3.8) is 0 Å². The third kappa shape index (κ3) is 4.14. The van der Waals surface area contributed by atoms with E-state index >= 15 is 0 Å². The summed E-state index contributed by atoms with van der Waals surface area (Å²) >= 11 is 3.48. The number of hydrogen-bond acceptors (Lipinski definition) is 5. The smallest absolute Gasteiger partial charge is 0.283 e. The van der Waals surface area contributed by atoms with Crippen LogP contribution in [0.3, 0.4) is 0 Å². The molecule has 1 aromatic heterocycles. The van der Waals surface area contributed by atoms with E-state index in [1.807, 2.05) is 23.1 Å². The topological polar surface area (TPSA) is 70.5 Å². The molecule has 1 saturated heterocycles. The molecule has 182 valence electrons. The predicted molar refractivity (Wildman–Crippen MR) is 138 cm³/mol. The van der Waals surface area contributed by atoms with E-state index in [1.54, 1.807) is 6.20 Å². The number of para-hydroxylation sites is 1. The fourth-order valence-electron chi connectivity index (χ4n) is 6.30. The van der Waals surface area contributed by atoms with E-state index in [0.29, 0.717) is 34.9 Å². The van der Waals surface area contributed by atoms with Crippen LogP contribution in [0.2, 0.25) is 0 Å². The number of carbonyl (C=O) groups is 1. The van der Waals surface area contributed by atoms with Crippen molar-refractivity contribution in [3.8, 4) is 0 Å². The Morgan fingerprint density at radius 3 is 2.50 bits per heavy atom. The first-order valence-corrected chi connectivity index (χ1v) is 13.1. The predicted octanol–water partition coefficient (Wildman–Crippen LogP) is 3.84. The fraction of sp³-hybridized carbons (Fsp3) is 0.577. The van der Waals surface area contributed by atoms with Gasteiger partial charge in [-0.3, -0.25) is 9.59 Å². The maximum absolute atomic E-state index is 13.0. The Labute approximate surface area is 209 Å². The number of aromatic nitrogens is 2. The molecule has 4 atom stereocenters. The number of amides is 1. The molecule has 34 heavy (non-hydrogen) atoms. The van der Waals surface area contributed by atoms with Crippen LogP contribution in [-0.4, -0.2) is 52.8 Å². The normalized spacial score (nSPS) is 27.8. The molecule has 1 aliphatic heterocycles. The molecular weight excluding hydrogens is 494 g/mol. The summed E-state index contributed by atoms with van der Waals surface area (Å²) in [5, 5.41) is 7.92. The summed E-state index contributed by atoms with van der Waals surface area (Å²) in [6.07, 6.45) is 4.12. The largest absolute Gasteiger partial charge is 0.380 e. The molecule has 0 spiro atoms. The number of hydrogen-bond donors (Lipinski definition) is 1. The lowest BCUT2D eigenvalue weighted by Gasteiger charge is -2.62. The van der Waals surface area contributed by atoms with E-state index in [4.69, 9.17) is 0 Å². The summed E-state index contributed by atoms with van der Waals surface area (Å²) in [5.74, 6) is 1.93. The second-order valence-electron chi connectivity index (χ2n) is 10.7. The van der Waals surface area contributed by atoms with Gasteiger partial charge < -0.3 is 15.1 Å². The van der Waals surface area contributed by atoms with Gasteiger partial charge in [0, 0.05) is 37.9 Å². The number of benzene rings is 1. The molecule has 1 amide bonds. The van der Waals surface area contributed by atoms with Crippen molar-refractivity contribution in [2.45, 2.75) is 46.2 Å². The second kappa shape index (κ2) is 9.02. The maximum atomic E-state index is 13.0. The number of nitrogens with zero attached hydrogens (tertiary/aromatic N) is 4. The number of anilines is 2. The monoisotopic (exact) mass is 527 g/mol. The van der Waals surface area contributed by atoms with Crippen LogP contribution in [0.1, 0.15) is 33.6 Å². The van der Waals surface area contributed by atoms with Crippen molar-refractivity contribution >= 4 is 33.2 Å². The van der Waals surface area contributed by atoms with Gasteiger partial charge in [-0.2, -0.15) is 5.10 Å². The molecule has 3 aliphatic carbocycles. The second-order valence-corrected chi connectivity index (χ2v) is 11.5. The van der Waals surface area contributed by atoms with Gasteiger partial charge in [0.1, 0.15) is 11.0 Å². The van der Waals surface area contributed by atoms with Crippen LogP contribution in [0.25, 0.3) is 0 Å². The highest BCUT2D eigenvalue weighted by atomic mass is 79.9. The van der Waals surface area contributed by atoms with Gasteiger partial charge in [0.25, 0.3) is 5.56 Å². The highest BCUT2D eigenvalue weighted by molar-refractivity contribution is 9.10. The molecule has 4 fully saturated rings. The van der Waals surface area contributed by atoms with Crippen LogP contribution in [0, 0.1) is 23.2 Å². The average Bonchev–Trinajstić information content (AvgIpc) is 2.85. The highest BCUT2D eigenvalue weighted by Gasteiger charge is 2.56. The Kier molecular flexibility index (Phi) is 6.21. The first-order chi connectivity index (χ1) is 16.3. The minimum atomic E-state index is -0.268. The lowest BCUT2D eigenvalue weighted by Crippen LogP contribution is -2.58. The van der Waals surface area contributed by atoms with Crippen LogP contribution < -0.4 is 15.8 Å². The van der Waals surface area contributed by atoms with E-state index in [9.17, 15) is 9.59 Å². The van der Waals surface area contributed by atoms with Crippen LogP contribution in [0.15, 0.2) is 45.8 Å².